The van der Waals surface area contributed by atoms with Gasteiger partial charge < -0.3 is 4.90 Å². The molecular weight excluding hydrogens is 485 g/mol. The molecule has 4 amide bonds. The lowest BCUT2D eigenvalue weighted by Crippen LogP contribution is -2.54. The van der Waals surface area contributed by atoms with Gasteiger partial charge in [0.25, 0.3) is 11.8 Å². The van der Waals surface area contributed by atoms with Gasteiger partial charge in [-0.15, -0.1) is 0 Å². The molecule has 6 nitrogen and oxygen atoms in total. The van der Waals surface area contributed by atoms with Crippen molar-refractivity contribution in [1.29, 1.82) is 0 Å². The standard InChI is InChI=1S/C24H22Cl3N3O3/c1-12-11-24(2,3)29(4)20-10-18(26)13(7-15(12)20)8-16-21(31)28-23(33)30(22(16)32)14-5-6-17(25)19(27)9-14/h5-10,12H,11H2,1-4H3,(H,28,31,33)/b16-8+. The number of urea groups is 1. The highest BCUT2D eigenvalue weighted by molar-refractivity contribution is 6.43. The molecule has 2 aliphatic heterocycles. The summed E-state index contributed by atoms with van der Waals surface area (Å²) < 4.78 is 0. The molecule has 1 N–H and O–H groups in total. The van der Waals surface area contributed by atoms with Crippen LogP contribution in [0.4, 0.5) is 16.2 Å². The predicted octanol–water partition coefficient (Wildman–Crippen LogP) is 6.04. The maximum atomic E-state index is 13.2. The molecule has 1 atom stereocenters. The van der Waals surface area contributed by atoms with Crippen LogP contribution in [0.25, 0.3) is 6.08 Å². The molecular formula is C24H22Cl3N3O3. The van der Waals surface area contributed by atoms with Crippen molar-refractivity contribution in [3.8, 4) is 0 Å². The van der Waals surface area contributed by atoms with E-state index >= 15 is 0 Å². The number of carbonyl (C=O) groups excluding carboxylic acids is 3. The summed E-state index contributed by atoms with van der Waals surface area (Å²) in [5.41, 5.74) is 2.57. The van der Waals surface area contributed by atoms with Crippen molar-refractivity contribution >= 4 is 70.1 Å². The molecule has 2 heterocycles. The van der Waals surface area contributed by atoms with Crippen LogP contribution in [-0.2, 0) is 9.59 Å². The molecule has 1 unspecified atom stereocenters. The van der Waals surface area contributed by atoms with E-state index in [0.29, 0.717) is 10.6 Å². The van der Waals surface area contributed by atoms with Gasteiger partial charge in [-0.3, -0.25) is 14.9 Å². The summed E-state index contributed by atoms with van der Waals surface area (Å²) in [4.78, 5) is 41.3. The topological polar surface area (TPSA) is 69.7 Å². The Hall–Kier alpha value is -2.54. The Morgan fingerprint density at radius 2 is 1.73 bits per heavy atom. The van der Waals surface area contributed by atoms with Crippen LogP contribution in [-0.4, -0.2) is 30.4 Å². The minimum Gasteiger partial charge on any atom is -0.369 e. The Balaban J connectivity index is 1.77. The summed E-state index contributed by atoms with van der Waals surface area (Å²) in [6.45, 7) is 6.49. The van der Waals surface area contributed by atoms with E-state index in [2.05, 4.69) is 31.0 Å². The number of nitrogens with one attached hydrogen (secondary N) is 1. The quantitative estimate of drug-likeness (QED) is 0.398. The van der Waals surface area contributed by atoms with Crippen LogP contribution in [0.5, 0.6) is 0 Å². The highest BCUT2D eigenvalue weighted by Gasteiger charge is 2.38. The van der Waals surface area contributed by atoms with E-state index in [9.17, 15) is 14.4 Å². The summed E-state index contributed by atoms with van der Waals surface area (Å²) in [7, 11) is 2.03. The zero-order chi connectivity index (χ0) is 24.2. The lowest BCUT2D eigenvalue weighted by atomic mass is 9.80. The molecule has 4 rings (SSSR count). The number of amides is 4. The van der Waals surface area contributed by atoms with Crippen LogP contribution < -0.4 is 15.1 Å². The van der Waals surface area contributed by atoms with Gasteiger partial charge in [-0.1, -0.05) is 41.7 Å². The number of fused-ring (bicyclic) bond motifs is 1. The fourth-order valence-corrected chi connectivity index (χ4v) is 4.89. The lowest BCUT2D eigenvalue weighted by molar-refractivity contribution is -0.122. The van der Waals surface area contributed by atoms with Gasteiger partial charge in [0.15, 0.2) is 0 Å². The van der Waals surface area contributed by atoms with Crippen molar-refractivity contribution in [1.82, 2.24) is 5.32 Å². The second-order valence-corrected chi connectivity index (χ2v) is 10.2. The normalized spacial score (nSPS) is 21.4. The van der Waals surface area contributed by atoms with Gasteiger partial charge in [-0.2, -0.15) is 0 Å². The Bertz CT molecular complexity index is 1240. The smallest absolute Gasteiger partial charge is 0.335 e. The number of barbiturate groups is 1. The molecule has 0 aromatic heterocycles. The Morgan fingerprint density at radius 1 is 1.03 bits per heavy atom. The summed E-state index contributed by atoms with van der Waals surface area (Å²) in [6, 6.07) is 7.23. The van der Waals surface area contributed by atoms with E-state index in [4.69, 9.17) is 34.8 Å². The zero-order valence-electron chi connectivity index (χ0n) is 18.5. The van der Waals surface area contributed by atoms with E-state index in [0.717, 1.165) is 22.6 Å². The maximum absolute atomic E-state index is 13.2. The fraction of sp³-hybridized carbons (Fsp3) is 0.292. The molecule has 2 aromatic carbocycles. The molecule has 33 heavy (non-hydrogen) atoms. The number of rotatable bonds is 2. The van der Waals surface area contributed by atoms with Crippen molar-refractivity contribution in [2.75, 3.05) is 16.8 Å². The average molecular weight is 507 g/mol. The average Bonchev–Trinajstić information content (AvgIpc) is 2.72. The number of anilines is 2. The first-order chi connectivity index (χ1) is 15.4. The predicted molar refractivity (Wildman–Crippen MR) is 132 cm³/mol. The second-order valence-electron chi connectivity index (χ2n) is 8.97. The summed E-state index contributed by atoms with van der Waals surface area (Å²) in [5, 5.41) is 3.06. The molecule has 1 fully saturated rings. The number of hydrogen-bond donors (Lipinski definition) is 1. The molecule has 0 saturated carbocycles. The van der Waals surface area contributed by atoms with Gasteiger partial charge in [-0.05, 0) is 73.7 Å². The maximum Gasteiger partial charge on any atom is 0.335 e. The van der Waals surface area contributed by atoms with Crippen LogP contribution in [0.3, 0.4) is 0 Å². The van der Waals surface area contributed by atoms with Gasteiger partial charge in [-0.25, -0.2) is 9.69 Å². The zero-order valence-corrected chi connectivity index (χ0v) is 20.8. The number of nitrogens with zero attached hydrogens (tertiary/aromatic N) is 2. The van der Waals surface area contributed by atoms with E-state index in [-0.39, 0.29) is 32.8 Å². The Kier molecular flexibility index (Phi) is 5.97. The van der Waals surface area contributed by atoms with Gasteiger partial charge in [0.2, 0.25) is 0 Å². The fourth-order valence-electron chi connectivity index (χ4n) is 4.39. The van der Waals surface area contributed by atoms with Crippen LogP contribution in [0.2, 0.25) is 15.1 Å². The molecule has 172 valence electrons. The second kappa shape index (κ2) is 8.35. The molecule has 0 aliphatic carbocycles. The molecule has 9 heteroatoms. The Morgan fingerprint density at radius 3 is 2.39 bits per heavy atom. The number of carbonyl (C=O) groups is 3. The largest absolute Gasteiger partial charge is 0.369 e. The molecule has 0 radical (unpaired) electrons. The molecule has 0 spiro atoms. The molecule has 2 aromatic rings. The third kappa shape index (κ3) is 4.12. The van der Waals surface area contributed by atoms with E-state index in [1.165, 1.54) is 24.3 Å². The van der Waals surface area contributed by atoms with Crippen molar-refractivity contribution < 1.29 is 14.4 Å². The third-order valence-corrected chi connectivity index (χ3v) is 7.38. The van der Waals surface area contributed by atoms with Crippen LogP contribution in [0.1, 0.15) is 44.2 Å². The Labute approximate surface area is 207 Å². The number of imide groups is 2. The van der Waals surface area contributed by atoms with Crippen LogP contribution in [0.15, 0.2) is 35.9 Å². The highest BCUT2D eigenvalue weighted by Crippen LogP contribution is 2.44. The van der Waals surface area contributed by atoms with E-state index < -0.39 is 17.8 Å². The SMILES string of the molecule is CC1CC(C)(C)N(C)c2cc(Cl)c(/C=C3\C(=O)NC(=O)N(c4ccc(Cl)c(Cl)c4)C3=O)cc21. The van der Waals surface area contributed by atoms with Gasteiger partial charge in [0.05, 0.1) is 15.7 Å². The summed E-state index contributed by atoms with van der Waals surface area (Å²) >= 11 is 18.6. The molecule has 2 aliphatic rings. The van der Waals surface area contributed by atoms with Gasteiger partial charge in [0, 0.05) is 23.3 Å². The number of hydrogen-bond acceptors (Lipinski definition) is 4. The minimum atomic E-state index is -0.866. The van der Waals surface area contributed by atoms with Crippen LogP contribution >= 0.6 is 34.8 Å². The van der Waals surface area contributed by atoms with Gasteiger partial charge >= 0.3 is 6.03 Å². The number of halogens is 3. The summed E-state index contributed by atoms with van der Waals surface area (Å²) in [5.74, 6) is -1.31. The van der Waals surface area contributed by atoms with E-state index in [1.54, 1.807) is 0 Å². The molecule has 0 bridgehead atoms. The summed E-state index contributed by atoms with van der Waals surface area (Å²) in [6.07, 6.45) is 2.36. The van der Waals surface area contributed by atoms with Crippen molar-refractivity contribution in [3.05, 3.63) is 62.1 Å². The van der Waals surface area contributed by atoms with Gasteiger partial charge in [0.1, 0.15) is 5.57 Å². The van der Waals surface area contributed by atoms with Crippen molar-refractivity contribution in [2.24, 2.45) is 0 Å². The monoisotopic (exact) mass is 505 g/mol. The third-order valence-electron chi connectivity index (χ3n) is 6.31. The van der Waals surface area contributed by atoms with Crippen molar-refractivity contribution in [3.63, 3.8) is 0 Å². The van der Waals surface area contributed by atoms with E-state index in [1.807, 2.05) is 19.2 Å². The first-order valence-corrected chi connectivity index (χ1v) is 11.5. The lowest BCUT2D eigenvalue weighted by Gasteiger charge is -2.45. The first kappa shape index (κ1) is 23.6. The highest BCUT2D eigenvalue weighted by atomic mass is 35.5. The van der Waals surface area contributed by atoms with Crippen molar-refractivity contribution in [2.45, 2.75) is 38.6 Å². The molecule has 1 saturated heterocycles. The first-order valence-electron chi connectivity index (χ1n) is 10.3. The van der Waals surface area contributed by atoms with Crippen LogP contribution in [0, 0.1) is 0 Å². The minimum absolute atomic E-state index is 0.0321. The number of benzene rings is 2.